The van der Waals surface area contributed by atoms with Crippen molar-refractivity contribution in [2.24, 2.45) is 0 Å². The Bertz CT molecular complexity index is 705. The second-order valence-electron chi connectivity index (χ2n) is 4.32. The zero-order valence-electron chi connectivity index (χ0n) is 10.7. The summed E-state index contributed by atoms with van der Waals surface area (Å²) in [5.74, 6) is -0.843. The van der Waals surface area contributed by atoms with Crippen molar-refractivity contribution in [3.05, 3.63) is 54.1 Å². The van der Waals surface area contributed by atoms with E-state index in [1.165, 1.54) is 6.07 Å². The minimum Gasteiger partial charge on any atom is -0.399 e. The number of sulfonamides is 1. The average Bonchev–Trinajstić information content (AvgIpc) is 2.42. The van der Waals surface area contributed by atoms with Crippen molar-refractivity contribution in [1.82, 2.24) is 9.71 Å². The molecule has 0 saturated heterocycles. The fourth-order valence-electron chi connectivity index (χ4n) is 1.72. The molecule has 0 saturated carbocycles. The number of hydrogen-bond donors (Lipinski definition) is 2. The molecular formula is C13H14FN3O2S. The molecule has 0 radical (unpaired) electrons. The fourth-order valence-corrected chi connectivity index (χ4v) is 3.07. The Morgan fingerprint density at radius 1 is 1.35 bits per heavy atom. The number of benzene rings is 1. The zero-order valence-corrected chi connectivity index (χ0v) is 11.6. The molecule has 1 aromatic heterocycles. The molecule has 2 rings (SSSR count). The van der Waals surface area contributed by atoms with Gasteiger partial charge in [0.05, 0.1) is 0 Å². The van der Waals surface area contributed by atoms with E-state index in [1.807, 2.05) is 0 Å². The van der Waals surface area contributed by atoms with E-state index in [9.17, 15) is 12.8 Å². The summed E-state index contributed by atoms with van der Waals surface area (Å²) >= 11 is 0. The van der Waals surface area contributed by atoms with Crippen molar-refractivity contribution in [2.45, 2.75) is 17.9 Å². The van der Waals surface area contributed by atoms with Crippen LogP contribution in [0.4, 0.5) is 10.1 Å². The summed E-state index contributed by atoms with van der Waals surface area (Å²) in [5, 5.41) is 0. The molecule has 2 aromatic rings. The number of nitrogens with zero attached hydrogens (tertiary/aromatic N) is 1. The van der Waals surface area contributed by atoms with Crippen molar-refractivity contribution < 1.29 is 12.8 Å². The van der Waals surface area contributed by atoms with Gasteiger partial charge < -0.3 is 5.73 Å². The molecule has 0 aliphatic heterocycles. The normalized spacial score (nSPS) is 13.1. The van der Waals surface area contributed by atoms with Gasteiger partial charge >= 0.3 is 0 Å². The third-order valence-electron chi connectivity index (χ3n) is 2.76. The van der Waals surface area contributed by atoms with E-state index in [0.29, 0.717) is 5.56 Å². The van der Waals surface area contributed by atoms with Gasteiger partial charge in [0.15, 0.2) is 0 Å². The lowest BCUT2D eigenvalue weighted by Crippen LogP contribution is -2.27. The minimum absolute atomic E-state index is 0.181. The molecule has 0 spiro atoms. The van der Waals surface area contributed by atoms with E-state index in [1.54, 1.807) is 31.5 Å². The minimum atomic E-state index is -3.99. The molecular weight excluding hydrogens is 281 g/mol. The highest BCUT2D eigenvalue weighted by atomic mass is 32.2. The lowest BCUT2D eigenvalue weighted by Gasteiger charge is -2.14. The summed E-state index contributed by atoms with van der Waals surface area (Å²) in [6.45, 7) is 1.65. The molecule has 1 heterocycles. The van der Waals surface area contributed by atoms with Crippen LogP contribution in [0.15, 0.2) is 47.6 Å². The van der Waals surface area contributed by atoms with Crippen LogP contribution in [-0.2, 0) is 10.0 Å². The van der Waals surface area contributed by atoms with Crippen LogP contribution >= 0.6 is 0 Å². The van der Waals surface area contributed by atoms with Crippen molar-refractivity contribution >= 4 is 15.7 Å². The van der Waals surface area contributed by atoms with Crippen LogP contribution in [0, 0.1) is 5.82 Å². The van der Waals surface area contributed by atoms with Gasteiger partial charge in [-0.15, -0.1) is 0 Å². The van der Waals surface area contributed by atoms with Crippen LogP contribution in [0.3, 0.4) is 0 Å². The summed E-state index contributed by atoms with van der Waals surface area (Å²) < 4.78 is 40.3. The topological polar surface area (TPSA) is 85.1 Å². The lowest BCUT2D eigenvalue weighted by atomic mass is 10.2. The first-order chi connectivity index (χ1) is 9.40. The third-order valence-corrected chi connectivity index (χ3v) is 4.32. The number of nitrogen functional groups attached to an aromatic ring is 1. The van der Waals surface area contributed by atoms with Crippen LogP contribution in [0.2, 0.25) is 0 Å². The van der Waals surface area contributed by atoms with Gasteiger partial charge in [-0.3, -0.25) is 4.98 Å². The van der Waals surface area contributed by atoms with Gasteiger partial charge in [0.2, 0.25) is 10.0 Å². The molecule has 5 nitrogen and oxygen atoms in total. The Morgan fingerprint density at radius 2 is 2.10 bits per heavy atom. The number of nitrogens with two attached hydrogens (primary N) is 1. The highest BCUT2D eigenvalue weighted by Crippen LogP contribution is 2.20. The number of anilines is 1. The van der Waals surface area contributed by atoms with Gasteiger partial charge in [-0.05, 0) is 36.8 Å². The zero-order chi connectivity index (χ0) is 14.8. The van der Waals surface area contributed by atoms with Gasteiger partial charge in [0.25, 0.3) is 0 Å². The summed E-state index contributed by atoms with van der Waals surface area (Å²) in [7, 11) is -3.99. The monoisotopic (exact) mass is 295 g/mol. The van der Waals surface area contributed by atoms with E-state index >= 15 is 0 Å². The molecule has 0 bridgehead atoms. The van der Waals surface area contributed by atoms with Crippen molar-refractivity contribution in [2.75, 3.05) is 5.73 Å². The second-order valence-corrected chi connectivity index (χ2v) is 6.00. The summed E-state index contributed by atoms with van der Waals surface area (Å²) in [6, 6.07) is 6.32. The number of hydrogen-bond acceptors (Lipinski definition) is 4. The first-order valence-electron chi connectivity index (χ1n) is 5.87. The molecule has 3 N–H and O–H groups in total. The standard InChI is InChI=1S/C13H14FN3O2S/c1-9(10-3-2-6-16-8-10)17-20(18,19)13-7-11(15)4-5-12(13)14/h2-9,17H,15H2,1H3. The van der Waals surface area contributed by atoms with Crippen LogP contribution in [0.5, 0.6) is 0 Å². The predicted molar refractivity (Wildman–Crippen MR) is 73.8 cm³/mol. The SMILES string of the molecule is CC(NS(=O)(=O)c1cc(N)ccc1F)c1cccnc1. The lowest BCUT2D eigenvalue weighted by molar-refractivity contribution is 0.547. The highest BCUT2D eigenvalue weighted by Gasteiger charge is 2.22. The molecule has 0 aliphatic rings. The van der Waals surface area contributed by atoms with Gasteiger partial charge in [0, 0.05) is 24.1 Å². The molecule has 7 heteroatoms. The van der Waals surface area contributed by atoms with Gasteiger partial charge in [-0.2, -0.15) is 0 Å². The first kappa shape index (κ1) is 14.4. The maximum absolute atomic E-state index is 13.6. The van der Waals surface area contributed by atoms with E-state index in [2.05, 4.69) is 9.71 Å². The van der Waals surface area contributed by atoms with Crippen molar-refractivity contribution in [3.63, 3.8) is 0 Å². The molecule has 20 heavy (non-hydrogen) atoms. The van der Waals surface area contributed by atoms with E-state index < -0.39 is 26.8 Å². The average molecular weight is 295 g/mol. The number of nitrogens with one attached hydrogen (secondary N) is 1. The Morgan fingerprint density at radius 3 is 2.75 bits per heavy atom. The third kappa shape index (κ3) is 3.12. The first-order valence-corrected chi connectivity index (χ1v) is 7.36. The van der Waals surface area contributed by atoms with Crippen molar-refractivity contribution in [3.8, 4) is 0 Å². The number of aromatic nitrogens is 1. The quantitative estimate of drug-likeness (QED) is 0.843. The molecule has 106 valence electrons. The number of halogens is 1. The molecule has 1 atom stereocenters. The maximum Gasteiger partial charge on any atom is 0.244 e. The highest BCUT2D eigenvalue weighted by molar-refractivity contribution is 7.89. The van der Waals surface area contributed by atoms with Crippen LogP contribution in [0.1, 0.15) is 18.5 Å². The van der Waals surface area contributed by atoms with Crippen molar-refractivity contribution in [1.29, 1.82) is 0 Å². The number of rotatable bonds is 4. The summed E-state index contributed by atoms with van der Waals surface area (Å²) in [6.07, 6.45) is 3.13. The largest absolute Gasteiger partial charge is 0.399 e. The molecule has 1 aromatic carbocycles. The van der Waals surface area contributed by atoms with Gasteiger partial charge in [-0.25, -0.2) is 17.5 Å². The molecule has 0 amide bonds. The summed E-state index contributed by atoms with van der Waals surface area (Å²) in [4.78, 5) is 3.45. The Balaban J connectivity index is 2.30. The predicted octanol–water partition coefficient (Wildman–Crippen LogP) is 1.84. The summed E-state index contributed by atoms with van der Waals surface area (Å²) in [5.41, 5.74) is 6.36. The van der Waals surface area contributed by atoms with E-state index in [0.717, 1.165) is 12.1 Å². The van der Waals surface area contributed by atoms with Gasteiger partial charge in [0.1, 0.15) is 10.7 Å². The van der Waals surface area contributed by atoms with E-state index in [-0.39, 0.29) is 5.69 Å². The maximum atomic E-state index is 13.6. The fraction of sp³-hybridized carbons (Fsp3) is 0.154. The van der Waals surface area contributed by atoms with Crippen LogP contribution in [0.25, 0.3) is 0 Å². The van der Waals surface area contributed by atoms with Crippen LogP contribution < -0.4 is 10.5 Å². The molecule has 0 fully saturated rings. The number of pyridine rings is 1. The second kappa shape index (κ2) is 5.56. The molecule has 1 unspecified atom stereocenters. The van der Waals surface area contributed by atoms with Crippen LogP contribution in [-0.4, -0.2) is 13.4 Å². The Hall–Kier alpha value is -1.99. The Kier molecular flexibility index (Phi) is 4.01. The van der Waals surface area contributed by atoms with E-state index in [4.69, 9.17) is 5.73 Å². The smallest absolute Gasteiger partial charge is 0.244 e. The molecule has 0 aliphatic carbocycles. The Labute approximate surface area is 116 Å². The van der Waals surface area contributed by atoms with Gasteiger partial charge in [-0.1, -0.05) is 6.07 Å².